The molecule has 15 amide bonds. The molecule has 0 aliphatic carbocycles. The number of hydrogen-bond donors (Lipinski definition) is 15. The zero-order valence-electron chi connectivity index (χ0n) is 79.0. The number of hydrogen-bond acceptors (Lipinski definition) is 21. The molecule has 7 aromatic rings. The molecule has 0 saturated carbocycles. The molecule has 1 saturated heterocycles. The Morgan fingerprint density at radius 3 is 1.22 bits per heavy atom. The van der Waals surface area contributed by atoms with E-state index in [0.29, 0.717) is 55.4 Å². The number of amides is 15. The molecule has 1 heterocycles. The van der Waals surface area contributed by atoms with Gasteiger partial charge in [-0.05, 0) is 113 Å². The molecule has 140 heavy (non-hydrogen) atoms. The summed E-state index contributed by atoms with van der Waals surface area (Å²) in [6.07, 6.45) is -5.40. The van der Waals surface area contributed by atoms with Gasteiger partial charge in [0.25, 0.3) is 0 Å². The highest BCUT2D eigenvalue weighted by molar-refractivity contribution is 6.32. The summed E-state index contributed by atoms with van der Waals surface area (Å²) < 4.78 is 34.5. The molecule has 7 aromatic carbocycles. The Morgan fingerprint density at radius 2 is 0.771 bits per heavy atom. The Labute approximate surface area is 833 Å². The van der Waals surface area contributed by atoms with Gasteiger partial charge in [0, 0.05) is 87.9 Å². The first-order valence-electron chi connectivity index (χ1n) is 46.5. The van der Waals surface area contributed by atoms with Crippen molar-refractivity contribution in [1.82, 2.24) is 79.8 Å². The van der Waals surface area contributed by atoms with Gasteiger partial charge in [-0.25, -0.2) is 19.2 Å². The number of nitrogens with one attached hydrogen (secondary N) is 15. The normalized spacial score (nSPS) is 17.9. The van der Waals surface area contributed by atoms with Gasteiger partial charge in [-0.2, -0.15) is 0 Å². The van der Waals surface area contributed by atoms with Crippen LogP contribution in [0.3, 0.4) is 0 Å². The Balaban J connectivity index is 1.23. The number of carbonyl (C=O) groups is 15. The number of alkyl carbamates (subject to hydrolysis) is 4. The third-order valence-corrected chi connectivity index (χ3v) is 23.8. The first kappa shape index (κ1) is 112. The monoisotopic (exact) mass is 2010 g/mol. The molecule has 754 valence electrons. The van der Waals surface area contributed by atoms with E-state index < -0.39 is 233 Å². The van der Waals surface area contributed by atoms with Crippen LogP contribution in [-0.4, -0.2) is 195 Å². The van der Waals surface area contributed by atoms with E-state index in [4.69, 9.17) is 74.8 Å². The van der Waals surface area contributed by atoms with Crippen molar-refractivity contribution in [1.29, 1.82) is 0 Å². The average molecular weight is 2010 g/mol. The lowest BCUT2D eigenvalue weighted by molar-refractivity contribution is -0.137. The highest BCUT2D eigenvalue weighted by atomic mass is 35.5. The summed E-state index contributed by atoms with van der Waals surface area (Å²) in [6.45, 7) is 5.95. The van der Waals surface area contributed by atoms with Crippen molar-refractivity contribution in [3.63, 3.8) is 0 Å². The number of ether oxygens (including phenoxy) is 6. The SMILES string of the molecule is CCCCCCCC(=O)N[C@@H](C)C(=O)N[C@H](C(=O)N[C@@H](CCNC(=O)OCc1ccccc1Cl)C(=O)N[C@H]1CCNC(=O)[C@H]([C@@H](C)OCc2ccccc2)NC(=O)[C@H](CCNC(=O)OCc2ccccc2Cl)NC(=O)[C@H](CCNC(=O)OCc2ccccc2Cl)NC(=O)[C@H](CC(C)C)NC(=O)[C@@H](Cc2ccccc2)NC(=O)[C@H](CCNC(=O)OCc2ccccc2Cl)NC1=O)[C@@H](C)OCc1ccccc1. The fraction of sp³-hybridized carbons (Fsp3) is 0.430. The lowest BCUT2D eigenvalue weighted by Crippen LogP contribution is -2.62. The van der Waals surface area contributed by atoms with E-state index in [9.17, 15) is 28.8 Å². The van der Waals surface area contributed by atoms with E-state index in [1.807, 2.05) is 0 Å². The van der Waals surface area contributed by atoms with Gasteiger partial charge in [-0.15, -0.1) is 0 Å². The molecule has 0 unspecified atom stereocenters. The van der Waals surface area contributed by atoms with Crippen molar-refractivity contribution in [3.8, 4) is 0 Å². The maximum atomic E-state index is 15.9. The van der Waals surface area contributed by atoms with Crippen LogP contribution in [0.25, 0.3) is 0 Å². The molecule has 0 spiro atoms. The van der Waals surface area contributed by atoms with Gasteiger partial charge >= 0.3 is 24.4 Å². The quantitative estimate of drug-likeness (QED) is 0.0125. The van der Waals surface area contributed by atoms with Gasteiger partial charge in [-0.3, -0.25) is 52.7 Å². The van der Waals surface area contributed by atoms with Gasteiger partial charge in [0.2, 0.25) is 65.0 Å². The van der Waals surface area contributed by atoms with Crippen LogP contribution in [0.1, 0.15) is 158 Å². The predicted octanol–water partition coefficient (Wildman–Crippen LogP) is 10.1. The summed E-state index contributed by atoms with van der Waals surface area (Å²) in [5.41, 5.74) is 3.49. The summed E-state index contributed by atoms with van der Waals surface area (Å²) in [5.74, 6) is -11.5. The Morgan fingerprint density at radius 1 is 0.386 bits per heavy atom. The Bertz CT molecular complexity index is 5230. The largest absolute Gasteiger partial charge is 0.445 e. The van der Waals surface area contributed by atoms with Crippen LogP contribution in [-0.2, 0) is 127 Å². The third-order valence-electron chi connectivity index (χ3n) is 22.3. The van der Waals surface area contributed by atoms with E-state index in [0.717, 1.165) is 25.7 Å². The fourth-order valence-electron chi connectivity index (χ4n) is 14.4. The van der Waals surface area contributed by atoms with Crippen LogP contribution in [0.2, 0.25) is 20.1 Å². The van der Waals surface area contributed by atoms with Crippen LogP contribution in [0, 0.1) is 5.92 Å². The fourth-order valence-corrected chi connectivity index (χ4v) is 15.1. The maximum absolute atomic E-state index is 15.9. The molecule has 0 aromatic heterocycles. The molecular weight excluding hydrogens is 1890 g/mol. The summed E-state index contributed by atoms with van der Waals surface area (Å²) in [7, 11) is 0. The summed E-state index contributed by atoms with van der Waals surface area (Å²) >= 11 is 25.6. The molecule has 8 rings (SSSR count). The van der Waals surface area contributed by atoms with Gasteiger partial charge < -0.3 is 108 Å². The maximum Gasteiger partial charge on any atom is 0.407 e. The summed E-state index contributed by atoms with van der Waals surface area (Å²) in [5, 5.41) is 41.0. The Kier molecular flexibility index (Phi) is 48.6. The van der Waals surface area contributed by atoms with E-state index >= 15 is 43.2 Å². The van der Waals surface area contributed by atoms with Gasteiger partial charge in [0.05, 0.1) is 25.4 Å². The van der Waals surface area contributed by atoms with E-state index in [1.54, 1.807) is 202 Å². The van der Waals surface area contributed by atoms with Gasteiger partial charge in [0.15, 0.2) is 0 Å². The standard InChI is InChI=1S/C100H125Cl4N15O21/c1-7-8-9-10-20-43-84(120)110-63(4)87(121)118-86(65(6)136-57-68-33-18-13-19-34-68)96(130)115-80(47-52-108-99(133)139-60-71-37-23-27-41-75(71)103)90(124)111-77-44-49-105-95(129)85(64(5)135-56-67-31-16-12-17-32-67)119-92(126)81(48-53-109-100(134)140-61-72-38-24-28-42-76(72)104)113-89(123)78(45-50-106-97(131)137-58-69-35-21-25-39-73(69)101)114-93(127)82(54-62(2)3)116-94(128)83(55-66-29-14-11-15-30-66)117-91(125)79(112-88(77)122)46-51-107-98(132)138-59-70-36-22-26-40-74(70)102/h11-19,21-42,62-65,77-83,85-86H,7-10,20,43-61H2,1-6H3,(H,105,129)(H,106,131)(H,107,132)(H,108,133)(H,109,134)(H,110,120)(H,111,124)(H,112,122)(H,113,123)(H,114,127)(H,115,130)(H,116,128)(H,117,125)(H,118,121)(H,119,126)/t63-,64+,65+,77-,78-,79-,80-,81-,82-,83+,85-,86-/m0/s1. The van der Waals surface area contributed by atoms with Crippen LogP contribution >= 0.6 is 46.4 Å². The number of halogens is 4. The zero-order valence-corrected chi connectivity index (χ0v) is 82.0. The minimum atomic E-state index is -1.95. The number of rotatable bonds is 45. The van der Waals surface area contributed by atoms with E-state index in [2.05, 4.69) is 86.7 Å². The van der Waals surface area contributed by atoms with E-state index in [-0.39, 0.29) is 68.9 Å². The molecule has 1 aliphatic rings. The van der Waals surface area contributed by atoms with Gasteiger partial charge in [0.1, 0.15) is 86.8 Å². The number of benzene rings is 7. The highest BCUT2D eigenvalue weighted by Gasteiger charge is 2.40. The smallest absolute Gasteiger partial charge is 0.407 e. The lowest BCUT2D eigenvalue weighted by Gasteiger charge is -2.30. The van der Waals surface area contributed by atoms with Crippen molar-refractivity contribution < 1.29 is 100 Å². The van der Waals surface area contributed by atoms with Crippen LogP contribution in [0.4, 0.5) is 19.2 Å². The first-order chi connectivity index (χ1) is 67.3. The molecule has 15 N–H and O–H groups in total. The van der Waals surface area contributed by atoms with Gasteiger partial charge in [-0.1, -0.05) is 257 Å². The second-order valence-corrected chi connectivity index (χ2v) is 35.4. The molecule has 40 heteroatoms. The van der Waals surface area contributed by atoms with Crippen molar-refractivity contribution in [2.24, 2.45) is 5.92 Å². The van der Waals surface area contributed by atoms with Crippen molar-refractivity contribution in [3.05, 3.63) is 247 Å². The third kappa shape index (κ3) is 40.4. The second kappa shape index (κ2) is 60.7. The molecule has 1 aliphatic heterocycles. The summed E-state index contributed by atoms with van der Waals surface area (Å²) in [4.78, 5) is 222. The Hall–Kier alpha value is -13.1. The topological polar surface area (TPSA) is 492 Å². The zero-order chi connectivity index (χ0) is 101. The van der Waals surface area contributed by atoms with Crippen LogP contribution in [0.5, 0.6) is 0 Å². The molecule has 0 radical (unpaired) electrons. The minimum Gasteiger partial charge on any atom is -0.445 e. The van der Waals surface area contributed by atoms with Crippen molar-refractivity contribution in [2.75, 3.05) is 32.7 Å². The van der Waals surface area contributed by atoms with Crippen molar-refractivity contribution >= 4 is 136 Å². The highest BCUT2D eigenvalue weighted by Crippen LogP contribution is 2.22. The van der Waals surface area contributed by atoms with Crippen LogP contribution in [0.15, 0.2) is 188 Å². The molecular formula is C100H125Cl4N15O21. The van der Waals surface area contributed by atoms with Crippen LogP contribution < -0.4 is 79.8 Å². The molecule has 36 nitrogen and oxygen atoms in total. The van der Waals surface area contributed by atoms with E-state index in [1.165, 1.54) is 20.8 Å². The molecule has 0 bridgehead atoms. The average Bonchev–Trinajstić information content (AvgIpc) is 0.987. The number of carbonyl (C=O) groups excluding carboxylic acids is 15. The van der Waals surface area contributed by atoms with Crippen molar-refractivity contribution in [2.45, 2.75) is 237 Å². The lowest BCUT2D eigenvalue weighted by atomic mass is 10.00. The molecule has 1 fully saturated rings. The number of unbranched alkanes of at least 4 members (excludes halogenated alkanes) is 4. The second-order valence-electron chi connectivity index (χ2n) is 33.8. The molecule has 12 atom stereocenters. The summed E-state index contributed by atoms with van der Waals surface area (Å²) in [6, 6.07) is 34.9. The first-order valence-corrected chi connectivity index (χ1v) is 48.0. The predicted molar refractivity (Wildman–Crippen MR) is 524 cm³/mol. The minimum absolute atomic E-state index is 0.101.